The molecule has 0 aliphatic carbocycles. The molecular formula is C19H26N2. The van der Waals surface area contributed by atoms with Crippen molar-refractivity contribution in [1.29, 1.82) is 0 Å². The van der Waals surface area contributed by atoms with Gasteiger partial charge in [0.25, 0.3) is 0 Å². The molecule has 2 rings (SSSR count). The van der Waals surface area contributed by atoms with Gasteiger partial charge >= 0.3 is 0 Å². The van der Waals surface area contributed by atoms with E-state index in [4.69, 9.17) is 5.84 Å². The Morgan fingerprint density at radius 1 is 0.952 bits per heavy atom. The fraction of sp³-hybridized carbons (Fsp3) is 0.368. The Bertz CT molecular complexity index is 575. The van der Waals surface area contributed by atoms with Crippen molar-refractivity contribution in [3.8, 4) is 0 Å². The Morgan fingerprint density at radius 2 is 1.62 bits per heavy atom. The van der Waals surface area contributed by atoms with Gasteiger partial charge in [-0.3, -0.25) is 11.3 Å². The van der Waals surface area contributed by atoms with Crippen LogP contribution in [0.1, 0.15) is 42.1 Å². The van der Waals surface area contributed by atoms with Gasteiger partial charge in [-0.25, -0.2) is 0 Å². The lowest BCUT2D eigenvalue weighted by molar-refractivity contribution is 0.550. The largest absolute Gasteiger partial charge is 0.271 e. The van der Waals surface area contributed by atoms with E-state index in [9.17, 15) is 0 Å². The third-order valence-electron chi connectivity index (χ3n) is 3.72. The molecule has 0 aromatic heterocycles. The first-order valence-electron chi connectivity index (χ1n) is 7.69. The standard InChI is InChI=1S/C19H26N2/c1-14(2)10-16-8-5-9-18(12-16)19(21-20)13-17-7-4-6-15(3)11-17/h4-9,11-12,14,19,21H,10,13,20H2,1-3H3. The van der Waals surface area contributed by atoms with E-state index < -0.39 is 0 Å². The Hall–Kier alpha value is -1.64. The summed E-state index contributed by atoms with van der Waals surface area (Å²) in [6.07, 6.45) is 2.01. The van der Waals surface area contributed by atoms with Crippen LogP contribution < -0.4 is 11.3 Å². The summed E-state index contributed by atoms with van der Waals surface area (Å²) in [6.45, 7) is 6.62. The lowest BCUT2D eigenvalue weighted by Gasteiger charge is -2.18. The molecule has 0 saturated carbocycles. The molecule has 0 heterocycles. The van der Waals surface area contributed by atoms with Crippen LogP contribution in [0.4, 0.5) is 0 Å². The topological polar surface area (TPSA) is 38.0 Å². The van der Waals surface area contributed by atoms with Crippen LogP contribution >= 0.6 is 0 Å². The van der Waals surface area contributed by atoms with Crippen molar-refractivity contribution < 1.29 is 0 Å². The van der Waals surface area contributed by atoms with E-state index in [1.807, 2.05) is 0 Å². The van der Waals surface area contributed by atoms with Crippen LogP contribution in [0.25, 0.3) is 0 Å². The van der Waals surface area contributed by atoms with Gasteiger partial charge in [-0.05, 0) is 42.4 Å². The van der Waals surface area contributed by atoms with Crippen LogP contribution in [0, 0.1) is 12.8 Å². The van der Waals surface area contributed by atoms with Crippen LogP contribution in [0.5, 0.6) is 0 Å². The predicted molar refractivity (Wildman–Crippen MR) is 89.9 cm³/mol. The molecule has 0 saturated heterocycles. The molecule has 0 aliphatic rings. The minimum absolute atomic E-state index is 0.152. The summed E-state index contributed by atoms with van der Waals surface area (Å²) in [5.41, 5.74) is 8.21. The van der Waals surface area contributed by atoms with Crippen molar-refractivity contribution in [2.45, 2.75) is 39.7 Å². The maximum absolute atomic E-state index is 5.79. The second kappa shape index (κ2) is 7.39. The van der Waals surface area contributed by atoms with Crippen molar-refractivity contribution in [2.24, 2.45) is 11.8 Å². The quantitative estimate of drug-likeness (QED) is 0.622. The number of hydrazine groups is 1. The van der Waals surface area contributed by atoms with Gasteiger partial charge in [-0.1, -0.05) is 67.9 Å². The number of benzene rings is 2. The molecule has 21 heavy (non-hydrogen) atoms. The van der Waals surface area contributed by atoms with Crippen LogP contribution in [0.3, 0.4) is 0 Å². The van der Waals surface area contributed by atoms with E-state index in [2.05, 4.69) is 74.7 Å². The number of aryl methyl sites for hydroxylation is 1. The Morgan fingerprint density at radius 3 is 2.24 bits per heavy atom. The molecular weight excluding hydrogens is 256 g/mol. The molecule has 2 nitrogen and oxygen atoms in total. The van der Waals surface area contributed by atoms with E-state index in [0.29, 0.717) is 5.92 Å². The molecule has 0 bridgehead atoms. The van der Waals surface area contributed by atoms with Crippen molar-refractivity contribution in [1.82, 2.24) is 5.43 Å². The van der Waals surface area contributed by atoms with Gasteiger partial charge in [-0.15, -0.1) is 0 Å². The highest BCUT2D eigenvalue weighted by molar-refractivity contribution is 5.29. The highest BCUT2D eigenvalue weighted by Crippen LogP contribution is 2.20. The Kier molecular flexibility index (Phi) is 5.54. The lowest BCUT2D eigenvalue weighted by atomic mass is 9.95. The van der Waals surface area contributed by atoms with Gasteiger partial charge in [0.1, 0.15) is 0 Å². The first kappa shape index (κ1) is 15.7. The molecule has 2 aromatic rings. The molecule has 0 spiro atoms. The van der Waals surface area contributed by atoms with E-state index in [1.165, 1.54) is 22.3 Å². The maximum Gasteiger partial charge on any atom is 0.0500 e. The van der Waals surface area contributed by atoms with E-state index >= 15 is 0 Å². The zero-order valence-electron chi connectivity index (χ0n) is 13.3. The van der Waals surface area contributed by atoms with Crippen LogP contribution in [-0.4, -0.2) is 0 Å². The summed E-state index contributed by atoms with van der Waals surface area (Å²) < 4.78 is 0. The highest BCUT2D eigenvalue weighted by atomic mass is 15.2. The number of rotatable bonds is 6. The van der Waals surface area contributed by atoms with Gasteiger partial charge in [0.15, 0.2) is 0 Å². The number of hydrogen-bond acceptors (Lipinski definition) is 2. The van der Waals surface area contributed by atoms with Gasteiger partial charge < -0.3 is 0 Å². The predicted octanol–water partition coefficient (Wildman–Crippen LogP) is 3.94. The van der Waals surface area contributed by atoms with Gasteiger partial charge in [0, 0.05) is 6.04 Å². The second-order valence-electron chi connectivity index (χ2n) is 6.26. The fourth-order valence-corrected chi connectivity index (χ4v) is 2.76. The van der Waals surface area contributed by atoms with E-state index in [0.717, 1.165) is 12.8 Å². The molecule has 1 unspecified atom stereocenters. The van der Waals surface area contributed by atoms with Gasteiger partial charge in [0.2, 0.25) is 0 Å². The lowest BCUT2D eigenvalue weighted by Crippen LogP contribution is -2.29. The fourth-order valence-electron chi connectivity index (χ4n) is 2.76. The average molecular weight is 282 g/mol. The SMILES string of the molecule is Cc1cccc(CC(NN)c2cccc(CC(C)C)c2)c1. The van der Waals surface area contributed by atoms with Crippen LogP contribution in [0.2, 0.25) is 0 Å². The van der Waals surface area contributed by atoms with Crippen molar-refractivity contribution in [3.63, 3.8) is 0 Å². The molecule has 0 aliphatic heterocycles. The molecule has 3 N–H and O–H groups in total. The van der Waals surface area contributed by atoms with Crippen molar-refractivity contribution in [2.75, 3.05) is 0 Å². The smallest absolute Gasteiger partial charge is 0.0500 e. The minimum Gasteiger partial charge on any atom is -0.271 e. The van der Waals surface area contributed by atoms with Crippen LogP contribution in [-0.2, 0) is 12.8 Å². The third kappa shape index (κ3) is 4.69. The maximum atomic E-state index is 5.79. The van der Waals surface area contributed by atoms with E-state index in [-0.39, 0.29) is 6.04 Å². The normalized spacial score (nSPS) is 12.6. The number of nitrogens with one attached hydrogen (secondary N) is 1. The summed E-state index contributed by atoms with van der Waals surface area (Å²) in [6, 6.07) is 17.5. The highest BCUT2D eigenvalue weighted by Gasteiger charge is 2.11. The molecule has 112 valence electrons. The Balaban J connectivity index is 2.17. The minimum atomic E-state index is 0.152. The van der Waals surface area contributed by atoms with Gasteiger partial charge in [-0.2, -0.15) is 0 Å². The summed E-state index contributed by atoms with van der Waals surface area (Å²) in [7, 11) is 0. The second-order valence-corrected chi connectivity index (χ2v) is 6.26. The van der Waals surface area contributed by atoms with Crippen molar-refractivity contribution in [3.05, 3.63) is 70.8 Å². The van der Waals surface area contributed by atoms with Crippen LogP contribution in [0.15, 0.2) is 48.5 Å². The molecule has 0 fully saturated rings. The average Bonchev–Trinajstić information content (AvgIpc) is 2.44. The number of hydrogen-bond donors (Lipinski definition) is 2. The first-order chi connectivity index (χ1) is 10.1. The van der Waals surface area contributed by atoms with Crippen molar-refractivity contribution >= 4 is 0 Å². The monoisotopic (exact) mass is 282 g/mol. The molecule has 2 heteroatoms. The molecule has 1 atom stereocenters. The summed E-state index contributed by atoms with van der Waals surface area (Å²) >= 11 is 0. The zero-order chi connectivity index (χ0) is 15.2. The molecule has 0 amide bonds. The summed E-state index contributed by atoms with van der Waals surface area (Å²) in [5, 5.41) is 0. The van der Waals surface area contributed by atoms with E-state index in [1.54, 1.807) is 0 Å². The summed E-state index contributed by atoms with van der Waals surface area (Å²) in [5.74, 6) is 6.46. The summed E-state index contributed by atoms with van der Waals surface area (Å²) in [4.78, 5) is 0. The zero-order valence-corrected chi connectivity index (χ0v) is 13.3. The molecule has 2 aromatic carbocycles. The molecule has 0 radical (unpaired) electrons. The van der Waals surface area contributed by atoms with Gasteiger partial charge in [0.05, 0.1) is 0 Å². The Labute approximate surface area is 128 Å². The third-order valence-corrected chi connectivity index (χ3v) is 3.72. The number of nitrogens with two attached hydrogens (primary N) is 1. The first-order valence-corrected chi connectivity index (χ1v) is 7.69.